The first-order chi connectivity index (χ1) is 10.4. The number of rotatable bonds is 1. The number of pyridine rings is 1. The van der Waals surface area contributed by atoms with Crippen molar-refractivity contribution >= 4 is 26.7 Å². The first kappa shape index (κ1) is 14.8. The highest BCUT2D eigenvalue weighted by Crippen LogP contribution is 2.32. The topological polar surface area (TPSA) is 32.9 Å². The standard InChI is InChI=1S/C16H9BrF3NO/c17-11-5-6-12-13(7-11)15(22)21-8-14(12)9-1-3-10(4-2-9)16(18,19)20/h1-8H,(H,21,22). The second-order valence-electron chi connectivity index (χ2n) is 4.80. The molecule has 2 nitrogen and oxygen atoms in total. The van der Waals surface area contributed by atoms with Gasteiger partial charge in [0, 0.05) is 21.6 Å². The van der Waals surface area contributed by atoms with Crippen LogP contribution < -0.4 is 5.56 Å². The molecule has 0 unspecified atom stereocenters. The van der Waals surface area contributed by atoms with Crippen molar-refractivity contribution in [1.82, 2.24) is 4.98 Å². The number of benzene rings is 2. The lowest BCUT2D eigenvalue weighted by Crippen LogP contribution is -2.06. The normalized spacial score (nSPS) is 11.8. The molecule has 1 heterocycles. The van der Waals surface area contributed by atoms with Crippen LogP contribution in [0.15, 0.2) is 57.9 Å². The van der Waals surface area contributed by atoms with Gasteiger partial charge in [-0.3, -0.25) is 4.79 Å². The van der Waals surface area contributed by atoms with E-state index >= 15 is 0 Å². The van der Waals surface area contributed by atoms with E-state index in [1.54, 1.807) is 18.2 Å². The van der Waals surface area contributed by atoms with Gasteiger partial charge in [0.25, 0.3) is 5.56 Å². The summed E-state index contributed by atoms with van der Waals surface area (Å²) in [5, 5.41) is 1.17. The van der Waals surface area contributed by atoms with Crippen molar-refractivity contribution in [2.75, 3.05) is 0 Å². The van der Waals surface area contributed by atoms with Crippen LogP contribution in [0.3, 0.4) is 0 Å². The fourth-order valence-electron chi connectivity index (χ4n) is 2.31. The quantitative estimate of drug-likeness (QED) is 0.646. The van der Waals surface area contributed by atoms with Crippen molar-refractivity contribution in [2.24, 2.45) is 0 Å². The number of alkyl halides is 3. The van der Waals surface area contributed by atoms with E-state index in [0.29, 0.717) is 21.9 Å². The van der Waals surface area contributed by atoms with Gasteiger partial charge in [-0.1, -0.05) is 34.1 Å². The smallest absolute Gasteiger partial charge is 0.328 e. The largest absolute Gasteiger partial charge is 0.416 e. The molecule has 0 radical (unpaired) electrons. The molecule has 2 aromatic carbocycles. The number of hydrogen-bond donors (Lipinski definition) is 1. The molecule has 6 heteroatoms. The summed E-state index contributed by atoms with van der Waals surface area (Å²) >= 11 is 3.30. The molecule has 0 bridgehead atoms. The van der Waals surface area contributed by atoms with Crippen LogP contribution in [0, 0.1) is 0 Å². The Morgan fingerprint density at radius 3 is 2.27 bits per heavy atom. The van der Waals surface area contributed by atoms with Gasteiger partial charge in [-0.05, 0) is 35.2 Å². The minimum atomic E-state index is -4.36. The second kappa shape index (κ2) is 5.28. The third kappa shape index (κ3) is 2.66. The summed E-state index contributed by atoms with van der Waals surface area (Å²) in [6.45, 7) is 0. The summed E-state index contributed by atoms with van der Waals surface area (Å²) in [6.07, 6.45) is -2.85. The minimum absolute atomic E-state index is 0.244. The number of aromatic amines is 1. The van der Waals surface area contributed by atoms with Crippen LogP contribution in [0.2, 0.25) is 0 Å². The first-order valence-electron chi connectivity index (χ1n) is 6.35. The highest BCUT2D eigenvalue weighted by Gasteiger charge is 2.30. The maximum atomic E-state index is 12.6. The highest BCUT2D eigenvalue weighted by atomic mass is 79.9. The number of aromatic nitrogens is 1. The lowest BCUT2D eigenvalue weighted by Gasteiger charge is -2.09. The van der Waals surface area contributed by atoms with Crippen molar-refractivity contribution in [3.05, 3.63) is 69.1 Å². The van der Waals surface area contributed by atoms with E-state index in [-0.39, 0.29) is 5.56 Å². The Bertz CT molecular complexity index is 898. The Kier molecular flexibility index (Phi) is 3.56. The van der Waals surface area contributed by atoms with Crippen LogP contribution in [0.1, 0.15) is 5.56 Å². The lowest BCUT2D eigenvalue weighted by atomic mass is 10.00. The number of nitrogens with one attached hydrogen (secondary N) is 1. The molecule has 0 saturated carbocycles. The Morgan fingerprint density at radius 2 is 1.64 bits per heavy atom. The maximum absolute atomic E-state index is 12.6. The van der Waals surface area contributed by atoms with E-state index in [9.17, 15) is 18.0 Å². The molecule has 3 aromatic rings. The van der Waals surface area contributed by atoms with Gasteiger partial charge in [-0.2, -0.15) is 13.2 Å². The SMILES string of the molecule is O=c1[nH]cc(-c2ccc(C(F)(F)F)cc2)c2ccc(Br)cc12. The van der Waals surface area contributed by atoms with E-state index in [1.165, 1.54) is 18.3 Å². The van der Waals surface area contributed by atoms with E-state index in [0.717, 1.165) is 16.6 Å². The van der Waals surface area contributed by atoms with E-state index in [4.69, 9.17) is 0 Å². The number of fused-ring (bicyclic) bond motifs is 1. The Hall–Kier alpha value is -2.08. The number of hydrogen-bond acceptors (Lipinski definition) is 1. The molecule has 0 atom stereocenters. The summed E-state index contributed by atoms with van der Waals surface area (Å²) in [6, 6.07) is 10.1. The lowest BCUT2D eigenvalue weighted by molar-refractivity contribution is -0.137. The van der Waals surface area contributed by atoms with Gasteiger partial charge in [0.05, 0.1) is 5.56 Å². The second-order valence-corrected chi connectivity index (χ2v) is 5.71. The first-order valence-corrected chi connectivity index (χ1v) is 7.14. The summed E-state index contributed by atoms with van der Waals surface area (Å²) in [4.78, 5) is 14.5. The molecular weight excluding hydrogens is 359 g/mol. The van der Waals surface area contributed by atoms with Gasteiger partial charge in [0.2, 0.25) is 0 Å². The van der Waals surface area contributed by atoms with Crippen LogP contribution in [0.25, 0.3) is 21.9 Å². The molecule has 0 amide bonds. The molecule has 0 aliphatic heterocycles. The van der Waals surface area contributed by atoms with Crippen LogP contribution in [0.4, 0.5) is 13.2 Å². The molecular formula is C16H9BrF3NO. The summed E-state index contributed by atoms with van der Waals surface area (Å²) in [7, 11) is 0. The molecule has 22 heavy (non-hydrogen) atoms. The Balaban J connectivity index is 2.19. The monoisotopic (exact) mass is 367 g/mol. The van der Waals surface area contributed by atoms with Gasteiger partial charge in [0.1, 0.15) is 0 Å². The molecule has 0 aliphatic rings. The van der Waals surface area contributed by atoms with Crippen LogP contribution >= 0.6 is 15.9 Å². The fourth-order valence-corrected chi connectivity index (χ4v) is 2.67. The summed E-state index contributed by atoms with van der Waals surface area (Å²) < 4.78 is 38.6. The Labute approximate surface area is 131 Å². The maximum Gasteiger partial charge on any atom is 0.416 e. The predicted octanol–water partition coefficient (Wildman–Crippen LogP) is 4.98. The van der Waals surface area contributed by atoms with Crippen molar-refractivity contribution in [1.29, 1.82) is 0 Å². The zero-order valence-electron chi connectivity index (χ0n) is 11.0. The van der Waals surface area contributed by atoms with Crippen LogP contribution in [-0.2, 0) is 6.18 Å². The molecule has 0 spiro atoms. The van der Waals surface area contributed by atoms with Crippen molar-refractivity contribution in [3.63, 3.8) is 0 Å². The van der Waals surface area contributed by atoms with Crippen LogP contribution in [-0.4, -0.2) is 4.98 Å². The number of H-pyrrole nitrogens is 1. The summed E-state index contributed by atoms with van der Waals surface area (Å²) in [5.41, 5.74) is 0.340. The van der Waals surface area contributed by atoms with E-state index in [2.05, 4.69) is 20.9 Å². The molecule has 1 aromatic heterocycles. The van der Waals surface area contributed by atoms with Crippen molar-refractivity contribution in [2.45, 2.75) is 6.18 Å². The van der Waals surface area contributed by atoms with Crippen molar-refractivity contribution in [3.8, 4) is 11.1 Å². The van der Waals surface area contributed by atoms with Gasteiger partial charge in [-0.15, -0.1) is 0 Å². The molecule has 0 saturated heterocycles. The average molecular weight is 368 g/mol. The van der Waals surface area contributed by atoms with Gasteiger partial charge >= 0.3 is 6.18 Å². The van der Waals surface area contributed by atoms with Gasteiger partial charge in [-0.25, -0.2) is 0 Å². The third-order valence-electron chi connectivity index (χ3n) is 3.39. The van der Waals surface area contributed by atoms with Gasteiger partial charge < -0.3 is 4.98 Å². The third-order valence-corrected chi connectivity index (χ3v) is 3.88. The number of halogens is 4. The minimum Gasteiger partial charge on any atom is -0.328 e. The van der Waals surface area contributed by atoms with Crippen LogP contribution in [0.5, 0.6) is 0 Å². The highest BCUT2D eigenvalue weighted by molar-refractivity contribution is 9.10. The van der Waals surface area contributed by atoms with Gasteiger partial charge in [0.15, 0.2) is 0 Å². The summed E-state index contributed by atoms with van der Waals surface area (Å²) in [5.74, 6) is 0. The van der Waals surface area contributed by atoms with Crippen molar-refractivity contribution < 1.29 is 13.2 Å². The molecule has 3 rings (SSSR count). The molecule has 1 N–H and O–H groups in total. The van der Waals surface area contributed by atoms with E-state index < -0.39 is 11.7 Å². The molecule has 0 aliphatic carbocycles. The van der Waals surface area contributed by atoms with E-state index in [1.807, 2.05) is 0 Å². The zero-order chi connectivity index (χ0) is 15.9. The average Bonchev–Trinajstić information content (AvgIpc) is 2.47. The fraction of sp³-hybridized carbons (Fsp3) is 0.0625. The zero-order valence-corrected chi connectivity index (χ0v) is 12.6. The predicted molar refractivity (Wildman–Crippen MR) is 82.7 cm³/mol. The Morgan fingerprint density at radius 1 is 0.955 bits per heavy atom. The molecule has 0 fully saturated rings. The molecule has 112 valence electrons.